The Morgan fingerprint density at radius 3 is 2.33 bits per heavy atom. The van der Waals surface area contributed by atoms with Crippen LogP contribution in [-0.2, 0) is 51.7 Å². The number of halogens is 7. The third-order valence-corrected chi connectivity index (χ3v) is 14.8. The molecule has 0 bridgehead atoms. The number of rotatable bonds is 10. The van der Waals surface area contributed by atoms with Gasteiger partial charge in [-0.1, -0.05) is 23.5 Å². The number of thiazole rings is 1. The fraction of sp³-hybridized carbons (Fsp3) is 0.467. The molecule has 4 aromatic heterocycles. The molecule has 2 N–H and O–H groups in total. The first-order valence-electron chi connectivity index (χ1n) is 22.0. The number of sulfonamides is 1. The maximum absolute atomic E-state index is 15.6. The van der Waals surface area contributed by atoms with Crippen LogP contribution in [0.3, 0.4) is 0 Å². The van der Waals surface area contributed by atoms with E-state index in [2.05, 4.69) is 25.1 Å². The van der Waals surface area contributed by atoms with Crippen LogP contribution in [0, 0.1) is 23.0 Å². The first-order valence-corrected chi connectivity index (χ1v) is 24.8. The average Bonchev–Trinajstić information content (AvgIpc) is 3.49. The van der Waals surface area contributed by atoms with Crippen LogP contribution in [0.1, 0.15) is 80.2 Å². The molecule has 2 aliphatic carbocycles. The van der Waals surface area contributed by atoms with Gasteiger partial charge in [0.25, 0.3) is 5.92 Å². The molecule has 0 unspecified atom stereocenters. The summed E-state index contributed by atoms with van der Waals surface area (Å²) in [4.78, 5) is 40.7. The van der Waals surface area contributed by atoms with Crippen molar-refractivity contribution >= 4 is 65.6 Å². The quantitative estimate of drug-likeness (QED) is 0.128. The Bertz CT molecular complexity index is 3180. The number of carbonyl (C=O) groups excluding carboxylic acids is 2. The summed E-state index contributed by atoms with van der Waals surface area (Å²) in [5.74, 6) is -9.01. The smallest absolute Gasteiger partial charge is 0.435 e. The minimum absolute atomic E-state index is 0.00987. The van der Waals surface area contributed by atoms with Gasteiger partial charge in [0.1, 0.15) is 29.5 Å². The van der Waals surface area contributed by atoms with E-state index in [-0.39, 0.29) is 47.1 Å². The molecule has 24 heteroatoms. The summed E-state index contributed by atoms with van der Waals surface area (Å²) in [7, 11) is -2.22. The predicted molar refractivity (Wildman–Crippen MR) is 240 cm³/mol. The van der Waals surface area contributed by atoms with Crippen LogP contribution < -0.4 is 14.9 Å². The number of hydrogen-bond acceptors (Lipinski definition) is 11. The van der Waals surface area contributed by atoms with Crippen molar-refractivity contribution in [3.63, 3.8) is 0 Å². The van der Waals surface area contributed by atoms with Crippen molar-refractivity contribution in [2.45, 2.75) is 82.7 Å². The normalized spacial score (nSPS) is 19.9. The molecule has 1 saturated carbocycles. The summed E-state index contributed by atoms with van der Waals surface area (Å²) in [5, 5.41) is 11.6. The van der Waals surface area contributed by atoms with Crippen LogP contribution in [-0.4, -0.2) is 92.9 Å². The van der Waals surface area contributed by atoms with E-state index < -0.39 is 86.6 Å². The fourth-order valence-electron chi connectivity index (χ4n) is 10.1. The van der Waals surface area contributed by atoms with Crippen LogP contribution in [0.4, 0.5) is 46.5 Å². The highest BCUT2D eigenvalue weighted by atomic mass is 32.2. The Morgan fingerprint density at radius 2 is 1.68 bits per heavy atom. The van der Waals surface area contributed by atoms with Crippen molar-refractivity contribution in [3.8, 4) is 11.1 Å². The number of aryl methyl sites for hydroxylation is 1. The minimum Gasteiger partial charge on any atom is -0.444 e. The molecule has 2 aromatic carbocycles. The van der Waals surface area contributed by atoms with Gasteiger partial charge in [-0.25, -0.2) is 27.0 Å². The second-order valence-corrected chi connectivity index (χ2v) is 22.3. The van der Waals surface area contributed by atoms with Crippen LogP contribution >= 0.6 is 11.3 Å². The molecule has 3 fully saturated rings. The zero-order chi connectivity index (χ0) is 49.3. The van der Waals surface area contributed by atoms with Crippen molar-refractivity contribution in [1.29, 1.82) is 0 Å². The number of amides is 2. The molecule has 6 aromatic rings. The lowest BCUT2D eigenvalue weighted by atomic mass is 9.72. The molecule has 3 atom stereocenters. The Labute approximate surface area is 394 Å². The molecule has 366 valence electrons. The zero-order valence-electron chi connectivity index (χ0n) is 37.7. The van der Waals surface area contributed by atoms with Gasteiger partial charge in [-0.3, -0.25) is 18.9 Å². The summed E-state index contributed by atoms with van der Waals surface area (Å²) in [6.45, 7) is 6.69. The summed E-state index contributed by atoms with van der Waals surface area (Å²) in [5.41, 5.74) is -2.30. The highest BCUT2D eigenvalue weighted by Gasteiger charge is 2.68. The molecule has 6 heterocycles. The van der Waals surface area contributed by atoms with E-state index in [4.69, 9.17) is 14.7 Å². The maximum Gasteiger partial charge on any atom is 0.435 e. The lowest BCUT2D eigenvalue weighted by Gasteiger charge is -2.53. The Kier molecular flexibility index (Phi) is 10.8. The van der Waals surface area contributed by atoms with E-state index in [1.54, 1.807) is 36.2 Å². The highest BCUT2D eigenvalue weighted by Crippen LogP contribution is 2.68. The molecular weight excluding hydrogens is 958 g/mol. The van der Waals surface area contributed by atoms with Gasteiger partial charge >= 0.3 is 12.3 Å². The number of fused-ring (bicyclic) bond motifs is 5. The SMILES string of the molecule is Cn1nc(NS(C)(=O)=O)c2cccc(-c3cc4sc(N5CC6(CCN(C(=O)OC(C)(C)C)CC6)C5)nc4nc3[C@H](Cc3cc(F)cc(F)c3)NC(=O)Cn3nc(C(F)(F)F)c4c3C(F)(F)[C@@H]3C[C@H]43)c21. The number of aromatic nitrogens is 6. The van der Waals surface area contributed by atoms with Crippen LogP contribution in [0.25, 0.3) is 32.4 Å². The maximum atomic E-state index is 15.6. The van der Waals surface area contributed by atoms with E-state index >= 15 is 8.78 Å². The molecule has 4 aliphatic rings. The first-order chi connectivity index (χ1) is 32.3. The number of alkyl halides is 5. The Hall–Kier alpha value is -6.04. The second-order valence-electron chi connectivity index (χ2n) is 19.6. The average molecular weight is 1000 g/mol. The summed E-state index contributed by atoms with van der Waals surface area (Å²) < 4.78 is 139. The molecule has 2 saturated heterocycles. The molecule has 15 nitrogen and oxygen atoms in total. The predicted octanol–water partition coefficient (Wildman–Crippen LogP) is 8.26. The topological polar surface area (TPSA) is 169 Å². The third kappa shape index (κ3) is 8.71. The van der Waals surface area contributed by atoms with E-state index in [1.165, 1.54) is 16.0 Å². The lowest BCUT2D eigenvalue weighted by Crippen LogP contribution is -2.61. The number of piperidine rings is 1. The number of pyridine rings is 1. The van der Waals surface area contributed by atoms with Crippen molar-refractivity contribution in [2.24, 2.45) is 18.4 Å². The van der Waals surface area contributed by atoms with Crippen molar-refractivity contribution in [3.05, 3.63) is 82.3 Å². The second kappa shape index (κ2) is 16.0. The number of para-hydroxylation sites is 1. The molecule has 0 radical (unpaired) electrons. The number of carbonyl (C=O) groups is 2. The van der Waals surface area contributed by atoms with Crippen LogP contribution in [0.5, 0.6) is 0 Å². The van der Waals surface area contributed by atoms with E-state index in [9.17, 15) is 40.0 Å². The summed E-state index contributed by atoms with van der Waals surface area (Å²) in [6, 6.07) is 8.11. The zero-order valence-corrected chi connectivity index (χ0v) is 39.4. The number of nitrogens with zero attached hydrogens (tertiary/aromatic N) is 8. The molecule has 1 spiro atoms. The number of likely N-dealkylation sites (tertiary alicyclic amines) is 1. The van der Waals surface area contributed by atoms with Gasteiger partial charge in [0.05, 0.1) is 28.2 Å². The molecule has 10 rings (SSSR count). The minimum atomic E-state index is -5.08. The fourth-order valence-corrected chi connectivity index (χ4v) is 11.6. The Balaban J connectivity index is 1.05. The standard InChI is InChI=1S/C45H45F7N10O5S2/c1-42(2,3)67-41(64)60-11-9-43(10-12-60)20-61(21-43)40-55-39-31(68-40)18-27(25-7-6-8-26-35(25)59(4)57-38(26)58-69(5,65)66)34(54-39)30(15-22-13-23(46)16-24(47)14-22)53-32(63)19-62-37-33(36(56-62)45(50,51)52)28-17-29(28)44(37,48)49/h6-8,13-14,16,18,28-30H,9-12,15,17,19-21H2,1-5H3,(H,53,63)(H,57,58)/t28-,29+,30-/m0/s1. The van der Waals surface area contributed by atoms with E-state index in [1.807, 2.05) is 20.8 Å². The highest BCUT2D eigenvalue weighted by molar-refractivity contribution is 7.92. The van der Waals surface area contributed by atoms with Crippen LogP contribution in [0.15, 0.2) is 42.5 Å². The van der Waals surface area contributed by atoms with Gasteiger partial charge in [-0.2, -0.15) is 37.1 Å². The monoisotopic (exact) mass is 1000 g/mol. The van der Waals surface area contributed by atoms with Crippen LogP contribution in [0.2, 0.25) is 0 Å². The number of nitrogens with one attached hydrogen (secondary N) is 2. The first kappa shape index (κ1) is 46.7. The number of benzene rings is 2. The van der Waals surface area contributed by atoms with Gasteiger partial charge < -0.3 is 19.9 Å². The molecule has 69 heavy (non-hydrogen) atoms. The molecular formula is C45H45F7N10O5S2. The van der Waals surface area contributed by atoms with Gasteiger partial charge in [-0.05, 0) is 82.2 Å². The van der Waals surface area contributed by atoms with E-state index in [0.29, 0.717) is 68.8 Å². The Morgan fingerprint density at radius 1 is 0.986 bits per heavy atom. The third-order valence-electron chi connectivity index (χ3n) is 13.2. The largest absolute Gasteiger partial charge is 0.444 e. The number of ether oxygens (including phenoxy) is 1. The van der Waals surface area contributed by atoms with Gasteiger partial charge in [0, 0.05) is 72.7 Å². The number of hydrogen-bond donors (Lipinski definition) is 2. The van der Waals surface area contributed by atoms with Gasteiger partial charge in [-0.15, -0.1) is 0 Å². The summed E-state index contributed by atoms with van der Waals surface area (Å²) in [6.07, 6.45) is -3.50. The lowest BCUT2D eigenvalue weighted by molar-refractivity contribution is -0.142. The number of anilines is 2. The van der Waals surface area contributed by atoms with Gasteiger partial charge in [0.15, 0.2) is 22.3 Å². The van der Waals surface area contributed by atoms with E-state index in [0.717, 1.165) is 31.2 Å². The van der Waals surface area contributed by atoms with Crippen molar-refractivity contribution in [2.75, 3.05) is 42.1 Å². The van der Waals surface area contributed by atoms with Gasteiger partial charge in [0.2, 0.25) is 15.9 Å². The molecule has 2 aliphatic heterocycles. The van der Waals surface area contributed by atoms with Crippen molar-refractivity contribution < 1.29 is 53.5 Å². The van der Waals surface area contributed by atoms with Crippen molar-refractivity contribution in [1.82, 2.24) is 39.7 Å². The summed E-state index contributed by atoms with van der Waals surface area (Å²) >= 11 is 1.33. The molecule has 2 amide bonds.